The number of hydrogen-bond donors (Lipinski definition) is 0. The van der Waals surface area contributed by atoms with E-state index in [2.05, 4.69) is 0 Å². The van der Waals surface area contributed by atoms with Gasteiger partial charge in [0.05, 0.1) is 10.5 Å². The summed E-state index contributed by atoms with van der Waals surface area (Å²) in [6.45, 7) is 0. The molecule has 0 aliphatic carbocycles. The Bertz CT molecular complexity index is 363. The lowest BCUT2D eigenvalue weighted by Gasteiger charge is -2.01. The maximum Gasteiger partial charge on any atom is 0.338 e. The van der Waals surface area contributed by atoms with Crippen molar-refractivity contribution in [2.24, 2.45) is 0 Å². The number of carbonyl (C=O) groups excluding carboxylic acids is 1. The van der Waals surface area contributed by atoms with Crippen LogP contribution in [0.2, 0.25) is 0 Å². The molecule has 0 heterocycles. The second-order valence-electron chi connectivity index (χ2n) is 2.64. The fourth-order valence-electron chi connectivity index (χ4n) is 0.915. The van der Waals surface area contributed by atoms with E-state index in [0.29, 0.717) is 5.56 Å². The molecule has 0 fully saturated rings. The van der Waals surface area contributed by atoms with E-state index in [9.17, 15) is 14.9 Å². The predicted molar refractivity (Wildman–Crippen MR) is 56.9 cm³/mol. The third-order valence-corrected chi connectivity index (χ3v) is 1.98. The molecule has 0 N–H and O–H groups in total. The zero-order valence-corrected chi connectivity index (χ0v) is 8.82. The minimum absolute atomic E-state index is 0.0450. The van der Waals surface area contributed by atoms with Gasteiger partial charge < -0.3 is 4.74 Å². The first-order valence-corrected chi connectivity index (χ1v) is 5.45. The summed E-state index contributed by atoms with van der Waals surface area (Å²) < 4.78 is 4.83. The molecule has 1 rings (SSSR count). The Kier molecular flexibility index (Phi) is 4.11. The lowest BCUT2D eigenvalue weighted by Crippen LogP contribution is -2.04. The van der Waals surface area contributed by atoms with Crippen molar-refractivity contribution >= 4 is 23.4 Å². The van der Waals surface area contributed by atoms with Gasteiger partial charge >= 0.3 is 5.97 Å². The molecule has 0 bridgehead atoms. The summed E-state index contributed by atoms with van der Waals surface area (Å²) in [6, 6.07) is 5.30. The molecule has 15 heavy (non-hydrogen) atoms. The SMILES string of the molecule is CSCOC(=O)c1ccc([N+](=O)[O-])cc1. The first kappa shape index (κ1) is 11.5. The molecule has 6 heteroatoms. The number of hydrogen-bond acceptors (Lipinski definition) is 5. The standard InChI is InChI=1S/C9H9NO4S/c1-15-6-14-9(11)7-2-4-8(5-3-7)10(12)13/h2-5H,6H2,1H3. The number of thioether (sulfide) groups is 1. The maximum atomic E-state index is 11.3. The van der Waals surface area contributed by atoms with Gasteiger partial charge in [-0.3, -0.25) is 10.1 Å². The second-order valence-corrected chi connectivity index (χ2v) is 3.46. The van der Waals surface area contributed by atoms with Crippen molar-refractivity contribution in [1.29, 1.82) is 0 Å². The monoisotopic (exact) mass is 227 g/mol. The van der Waals surface area contributed by atoms with Gasteiger partial charge in [0.15, 0.2) is 0 Å². The van der Waals surface area contributed by atoms with Crippen molar-refractivity contribution in [3.05, 3.63) is 39.9 Å². The van der Waals surface area contributed by atoms with Gasteiger partial charge in [0.25, 0.3) is 5.69 Å². The van der Waals surface area contributed by atoms with E-state index in [-0.39, 0.29) is 11.6 Å². The lowest BCUT2D eigenvalue weighted by molar-refractivity contribution is -0.384. The summed E-state index contributed by atoms with van der Waals surface area (Å²) in [5.41, 5.74) is 0.270. The van der Waals surface area contributed by atoms with E-state index in [1.165, 1.54) is 36.0 Å². The molecule has 0 radical (unpaired) electrons. The first-order chi connectivity index (χ1) is 7.15. The molecule has 0 saturated carbocycles. The molecule has 5 nitrogen and oxygen atoms in total. The average molecular weight is 227 g/mol. The van der Waals surface area contributed by atoms with Crippen LogP contribution in [0.15, 0.2) is 24.3 Å². The molecule has 0 amide bonds. The second kappa shape index (κ2) is 5.35. The zero-order chi connectivity index (χ0) is 11.3. The molecular weight excluding hydrogens is 218 g/mol. The van der Waals surface area contributed by atoms with Gasteiger partial charge in [0.2, 0.25) is 0 Å². The van der Waals surface area contributed by atoms with E-state index in [1.807, 2.05) is 6.26 Å². The predicted octanol–water partition coefficient (Wildman–Crippen LogP) is 2.07. The van der Waals surface area contributed by atoms with E-state index >= 15 is 0 Å². The summed E-state index contributed by atoms with van der Waals surface area (Å²) in [7, 11) is 0. The van der Waals surface area contributed by atoms with Gasteiger partial charge in [0, 0.05) is 12.1 Å². The molecule has 1 aromatic rings. The van der Waals surface area contributed by atoms with Gasteiger partial charge in [-0.1, -0.05) is 0 Å². The van der Waals surface area contributed by atoms with E-state index in [0.717, 1.165) is 0 Å². The number of carbonyl (C=O) groups is 1. The highest BCUT2D eigenvalue weighted by molar-refractivity contribution is 7.98. The van der Waals surface area contributed by atoms with E-state index in [1.54, 1.807) is 0 Å². The number of non-ortho nitro benzene ring substituents is 1. The van der Waals surface area contributed by atoms with Crippen molar-refractivity contribution in [3.8, 4) is 0 Å². The zero-order valence-electron chi connectivity index (χ0n) is 8.00. The molecule has 0 atom stereocenters. The number of nitro groups is 1. The van der Waals surface area contributed by atoms with Crippen LogP contribution in [0.25, 0.3) is 0 Å². The fraction of sp³-hybridized carbons (Fsp3) is 0.222. The van der Waals surface area contributed by atoms with Crippen LogP contribution in [0.3, 0.4) is 0 Å². The minimum atomic E-state index is -0.517. The molecular formula is C9H9NO4S. The molecule has 0 spiro atoms. The largest absolute Gasteiger partial charge is 0.451 e. The molecule has 0 unspecified atom stereocenters. The van der Waals surface area contributed by atoms with Crippen LogP contribution in [0, 0.1) is 10.1 Å². The lowest BCUT2D eigenvalue weighted by atomic mass is 10.2. The Morgan fingerprint density at radius 2 is 2.07 bits per heavy atom. The van der Waals surface area contributed by atoms with Gasteiger partial charge in [-0.05, 0) is 18.4 Å². The average Bonchev–Trinajstić information content (AvgIpc) is 2.26. The molecule has 0 aliphatic rings. The number of benzene rings is 1. The van der Waals surface area contributed by atoms with Crippen LogP contribution in [-0.4, -0.2) is 23.1 Å². The van der Waals surface area contributed by atoms with E-state index < -0.39 is 10.9 Å². The summed E-state index contributed by atoms with van der Waals surface area (Å²) in [6.07, 6.45) is 1.81. The minimum Gasteiger partial charge on any atom is -0.451 e. The van der Waals surface area contributed by atoms with Crippen molar-refractivity contribution in [1.82, 2.24) is 0 Å². The summed E-state index contributed by atoms with van der Waals surface area (Å²) in [5.74, 6) is -0.199. The van der Waals surface area contributed by atoms with Crippen LogP contribution >= 0.6 is 11.8 Å². The Labute approximate surface area is 90.6 Å². The Morgan fingerprint density at radius 3 is 2.53 bits per heavy atom. The Hall–Kier alpha value is -1.56. The maximum absolute atomic E-state index is 11.3. The number of nitro benzene ring substituents is 1. The highest BCUT2D eigenvalue weighted by Gasteiger charge is 2.09. The van der Waals surface area contributed by atoms with Gasteiger partial charge in [-0.15, -0.1) is 11.8 Å². The molecule has 80 valence electrons. The number of ether oxygens (including phenoxy) is 1. The Morgan fingerprint density at radius 1 is 1.47 bits per heavy atom. The van der Waals surface area contributed by atoms with Crippen molar-refractivity contribution in [2.45, 2.75) is 0 Å². The van der Waals surface area contributed by atoms with Gasteiger partial charge in [-0.2, -0.15) is 0 Å². The molecule has 0 saturated heterocycles. The third-order valence-electron chi connectivity index (χ3n) is 1.62. The quantitative estimate of drug-likeness (QED) is 0.341. The topological polar surface area (TPSA) is 69.4 Å². The van der Waals surface area contributed by atoms with Gasteiger partial charge in [-0.25, -0.2) is 4.79 Å². The highest BCUT2D eigenvalue weighted by atomic mass is 32.2. The number of esters is 1. The summed E-state index contributed by atoms with van der Waals surface area (Å²) in [4.78, 5) is 21.1. The highest BCUT2D eigenvalue weighted by Crippen LogP contribution is 2.12. The van der Waals surface area contributed by atoms with Crippen LogP contribution in [0.5, 0.6) is 0 Å². The van der Waals surface area contributed by atoms with Crippen LogP contribution in [-0.2, 0) is 4.74 Å². The van der Waals surface area contributed by atoms with Crippen LogP contribution in [0.4, 0.5) is 5.69 Å². The van der Waals surface area contributed by atoms with Gasteiger partial charge in [0.1, 0.15) is 5.94 Å². The van der Waals surface area contributed by atoms with Crippen molar-refractivity contribution in [2.75, 3.05) is 12.2 Å². The van der Waals surface area contributed by atoms with Crippen LogP contribution < -0.4 is 0 Å². The molecule has 0 aliphatic heterocycles. The first-order valence-electron chi connectivity index (χ1n) is 4.05. The Balaban J connectivity index is 2.71. The third kappa shape index (κ3) is 3.25. The van der Waals surface area contributed by atoms with Crippen molar-refractivity contribution in [3.63, 3.8) is 0 Å². The fourth-order valence-corrected chi connectivity index (χ4v) is 1.14. The van der Waals surface area contributed by atoms with Crippen LogP contribution in [0.1, 0.15) is 10.4 Å². The van der Waals surface area contributed by atoms with E-state index in [4.69, 9.17) is 4.74 Å². The smallest absolute Gasteiger partial charge is 0.338 e. The number of nitrogens with zero attached hydrogens (tertiary/aromatic N) is 1. The number of rotatable bonds is 4. The summed E-state index contributed by atoms with van der Waals surface area (Å²) in [5, 5.41) is 10.3. The van der Waals surface area contributed by atoms with Crippen molar-refractivity contribution < 1.29 is 14.5 Å². The summed E-state index contributed by atoms with van der Waals surface area (Å²) >= 11 is 1.38. The molecule has 1 aromatic carbocycles. The molecule has 0 aromatic heterocycles. The normalized spacial score (nSPS) is 9.67.